The predicted molar refractivity (Wildman–Crippen MR) is 88.1 cm³/mol. The van der Waals surface area contributed by atoms with Gasteiger partial charge in [0, 0.05) is 27.2 Å². The summed E-state index contributed by atoms with van der Waals surface area (Å²) in [6.07, 6.45) is 1.59. The van der Waals surface area contributed by atoms with Crippen molar-refractivity contribution in [3.63, 3.8) is 0 Å². The summed E-state index contributed by atoms with van der Waals surface area (Å²) in [6, 6.07) is 1.95. The van der Waals surface area contributed by atoms with Crippen molar-refractivity contribution in [1.29, 1.82) is 0 Å². The third-order valence-electron chi connectivity index (χ3n) is 4.22. The molecular formula is C15H21BrN2O2S. The fourth-order valence-electron chi connectivity index (χ4n) is 2.79. The van der Waals surface area contributed by atoms with Crippen LogP contribution in [0.3, 0.4) is 0 Å². The first kappa shape index (κ1) is 16.5. The molecule has 116 valence electrons. The lowest BCUT2D eigenvalue weighted by Crippen LogP contribution is -2.56. The van der Waals surface area contributed by atoms with Gasteiger partial charge in [0.25, 0.3) is 0 Å². The molecule has 4 nitrogen and oxygen atoms in total. The van der Waals surface area contributed by atoms with Crippen molar-refractivity contribution in [3.8, 4) is 0 Å². The number of hydrogen-bond donors (Lipinski definition) is 1. The standard InChI is InChI=1S/C15H21BrN2O2S/c1-4-15(5-2)14(20)18(10(3)6-13(19)17-15)8-12-7-11(16)9-21-12/h7,9-10H,4-6,8H2,1-3H3,(H,17,19). The first-order chi connectivity index (χ1) is 9.91. The van der Waals surface area contributed by atoms with Crippen molar-refractivity contribution in [1.82, 2.24) is 10.2 Å². The summed E-state index contributed by atoms with van der Waals surface area (Å²) in [5.74, 6) is 0.00443. The third kappa shape index (κ3) is 3.31. The highest BCUT2D eigenvalue weighted by Crippen LogP contribution is 2.28. The van der Waals surface area contributed by atoms with Crippen LogP contribution in [0.15, 0.2) is 15.9 Å². The van der Waals surface area contributed by atoms with Crippen LogP contribution in [-0.2, 0) is 16.1 Å². The number of hydrogen-bond acceptors (Lipinski definition) is 3. The van der Waals surface area contributed by atoms with Crippen molar-refractivity contribution in [2.24, 2.45) is 0 Å². The summed E-state index contributed by atoms with van der Waals surface area (Å²) in [5.41, 5.74) is -0.754. The molecule has 0 bridgehead atoms. The molecule has 1 aromatic rings. The minimum atomic E-state index is -0.754. The van der Waals surface area contributed by atoms with Crippen LogP contribution in [0.5, 0.6) is 0 Å². The van der Waals surface area contributed by atoms with E-state index in [1.54, 1.807) is 11.3 Å². The molecule has 2 rings (SSSR count). The van der Waals surface area contributed by atoms with Gasteiger partial charge in [-0.05, 0) is 41.8 Å². The number of thiophene rings is 1. The molecule has 6 heteroatoms. The summed E-state index contributed by atoms with van der Waals surface area (Å²) < 4.78 is 1.03. The molecule has 1 aromatic heterocycles. The molecule has 1 aliphatic rings. The van der Waals surface area contributed by atoms with Crippen LogP contribution in [0.1, 0.15) is 44.9 Å². The average molecular weight is 373 g/mol. The zero-order valence-electron chi connectivity index (χ0n) is 12.6. The molecule has 1 aliphatic heterocycles. The molecule has 2 heterocycles. The van der Waals surface area contributed by atoms with Crippen LogP contribution in [-0.4, -0.2) is 28.3 Å². The van der Waals surface area contributed by atoms with Crippen LogP contribution in [0.25, 0.3) is 0 Å². The molecule has 1 unspecified atom stereocenters. The van der Waals surface area contributed by atoms with Crippen molar-refractivity contribution >= 4 is 39.1 Å². The Morgan fingerprint density at radius 1 is 1.43 bits per heavy atom. The molecule has 21 heavy (non-hydrogen) atoms. The van der Waals surface area contributed by atoms with Crippen molar-refractivity contribution in [3.05, 3.63) is 20.8 Å². The van der Waals surface area contributed by atoms with Crippen LogP contribution < -0.4 is 5.32 Å². The quantitative estimate of drug-likeness (QED) is 0.881. The molecule has 1 saturated heterocycles. The Balaban J connectivity index is 2.32. The molecule has 1 fully saturated rings. The summed E-state index contributed by atoms with van der Waals surface area (Å²) in [5, 5.41) is 4.97. The molecule has 1 atom stereocenters. The van der Waals surface area contributed by atoms with Gasteiger partial charge in [0.2, 0.25) is 11.8 Å². The van der Waals surface area contributed by atoms with Crippen molar-refractivity contribution in [2.75, 3.05) is 0 Å². The summed E-state index contributed by atoms with van der Waals surface area (Å²) in [4.78, 5) is 28.1. The Morgan fingerprint density at radius 2 is 2.10 bits per heavy atom. The van der Waals surface area contributed by atoms with Gasteiger partial charge in [-0.3, -0.25) is 9.59 Å². The highest BCUT2D eigenvalue weighted by molar-refractivity contribution is 9.10. The maximum absolute atomic E-state index is 13.0. The smallest absolute Gasteiger partial charge is 0.248 e. The van der Waals surface area contributed by atoms with Crippen molar-refractivity contribution < 1.29 is 9.59 Å². The van der Waals surface area contributed by atoms with Gasteiger partial charge in [0.05, 0.1) is 6.54 Å². The Hall–Kier alpha value is -0.880. The Labute approximate surface area is 138 Å². The zero-order valence-corrected chi connectivity index (χ0v) is 15.0. The largest absolute Gasteiger partial charge is 0.342 e. The fourth-order valence-corrected chi connectivity index (χ4v) is 4.24. The molecular weight excluding hydrogens is 352 g/mol. The number of carbonyl (C=O) groups excluding carboxylic acids is 2. The molecule has 0 aromatic carbocycles. The molecule has 0 aliphatic carbocycles. The van der Waals surface area contributed by atoms with Gasteiger partial charge in [-0.15, -0.1) is 11.3 Å². The minimum absolute atomic E-state index is 0.0330. The Morgan fingerprint density at radius 3 is 2.62 bits per heavy atom. The summed E-state index contributed by atoms with van der Waals surface area (Å²) >= 11 is 5.07. The van der Waals surface area contributed by atoms with E-state index in [9.17, 15) is 9.59 Å². The molecule has 0 spiro atoms. The van der Waals surface area contributed by atoms with E-state index >= 15 is 0 Å². The van der Waals surface area contributed by atoms with E-state index in [2.05, 4.69) is 21.2 Å². The second-order valence-corrected chi connectivity index (χ2v) is 7.47. The molecule has 0 saturated carbocycles. The maximum atomic E-state index is 13.0. The van der Waals surface area contributed by atoms with Gasteiger partial charge >= 0.3 is 0 Å². The molecule has 0 radical (unpaired) electrons. The van der Waals surface area contributed by atoms with E-state index in [1.165, 1.54) is 0 Å². The first-order valence-corrected chi connectivity index (χ1v) is 8.94. The monoisotopic (exact) mass is 372 g/mol. The van der Waals surface area contributed by atoms with E-state index in [0.717, 1.165) is 9.35 Å². The van der Waals surface area contributed by atoms with Gasteiger partial charge in [-0.25, -0.2) is 0 Å². The van der Waals surface area contributed by atoms with Crippen LogP contribution in [0.2, 0.25) is 0 Å². The van der Waals surface area contributed by atoms with Gasteiger partial charge in [0.15, 0.2) is 0 Å². The lowest BCUT2D eigenvalue weighted by atomic mass is 9.91. The van der Waals surface area contributed by atoms with E-state index < -0.39 is 5.54 Å². The van der Waals surface area contributed by atoms with E-state index in [-0.39, 0.29) is 17.9 Å². The molecule has 1 N–H and O–H groups in total. The highest BCUT2D eigenvalue weighted by atomic mass is 79.9. The second kappa shape index (κ2) is 6.48. The van der Waals surface area contributed by atoms with Gasteiger partial charge in [-0.1, -0.05) is 13.8 Å². The topological polar surface area (TPSA) is 49.4 Å². The first-order valence-electron chi connectivity index (χ1n) is 7.27. The summed E-state index contributed by atoms with van der Waals surface area (Å²) in [6.45, 7) is 6.42. The van der Waals surface area contributed by atoms with Crippen molar-refractivity contribution in [2.45, 2.75) is 58.2 Å². The maximum Gasteiger partial charge on any atom is 0.248 e. The van der Waals surface area contributed by atoms with Gasteiger partial charge in [-0.2, -0.15) is 0 Å². The zero-order chi connectivity index (χ0) is 15.6. The SMILES string of the molecule is CCC1(CC)NC(=O)CC(C)N(Cc2cc(Br)cs2)C1=O. The average Bonchev–Trinajstić information content (AvgIpc) is 2.83. The number of nitrogens with zero attached hydrogens (tertiary/aromatic N) is 1. The Bertz CT molecular complexity index is 540. The highest BCUT2D eigenvalue weighted by Gasteiger charge is 2.43. The number of amides is 2. The van der Waals surface area contributed by atoms with E-state index in [1.807, 2.05) is 37.1 Å². The van der Waals surface area contributed by atoms with E-state index in [4.69, 9.17) is 0 Å². The number of rotatable bonds is 4. The normalized spacial score (nSPS) is 22.1. The van der Waals surface area contributed by atoms with Crippen LogP contribution in [0, 0.1) is 0 Å². The predicted octanol–water partition coefficient (Wildman–Crippen LogP) is 3.31. The number of nitrogens with one attached hydrogen (secondary N) is 1. The van der Waals surface area contributed by atoms with E-state index in [0.29, 0.717) is 25.8 Å². The fraction of sp³-hybridized carbons (Fsp3) is 0.600. The lowest BCUT2D eigenvalue weighted by Gasteiger charge is -2.35. The van der Waals surface area contributed by atoms with Gasteiger partial charge in [0.1, 0.15) is 5.54 Å². The Kier molecular flexibility index (Phi) is 5.09. The van der Waals surface area contributed by atoms with Crippen LogP contribution in [0.4, 0.5) is 0 Å². The number of halogens is 1. The lowest BCUT2D eigenvalue weighted by molar-refractivity contribution is -0.141. The van der Waals surface area contributed by atoms with Gasteiger partial charge < -0.3 is 10.2 Å². The third-order valence-corrected chi connectivity index (χ3v) is 5.90. The number of carbonyl (C=O) groups is 2. The minimum Gasteiger partial charge on any atom is -0.342 e. The summed E-state index contributed by atoms with van der Waals surface area (Å²) in [7, 11) is 0. The molecule has 2 amide bonds. The van der Waals surface area contributed by atoms with Crippen LogP contribution >= 0.6 is 27.3 Å². The second-order valence-electron chi connectivity index (χ2n) is 5.55.